The SMILES string of the molecule is CC(C)(C)c1nn2cnnc2n(/N=C\c2ccc(OCc3ccc(Cl)cc3)cc2)c1=O. The molecule has 0 amide bonds. The number of hydrogen-bond donors (Lipinski definition) is 0. The van der Waals surface area contributed by atoms with Crippen LogP contribution in [0.3, 0.4) is 0 Å². The summed E-state index contributed by atoms with van der Waals surface area (Å²) in [6.45, 7) is 6.20. The molecule has 158 valence electrons. The lowest BCUT2D eigenvalue weighted by Gasteiger charge is -2.16. The molecule has 4 rings (SSSR count). The molecule has 0 aliphatic heterocycles. The van der Waals surface area contributed by atoms with E-state index in [9.17, 15) is 4.79 Å². The third kappa shape index (κ3) is 4.64. The van der Waals surface area contributed by atoms with Crippen LogP contribution in [0.25, 0.3) is 5.78 Å². The molecule has 8 nitrogen and oxygen atoms in total. The van der Waals surface area contributed by atoms with E-state index in [4.69, 9.17) is 16.3 Å². The predicted molar refractivity (Wildman–Crippen MR) is 119 cm³/mol. The van der Waals surface area contributed by atoms with Gasteiger partial charge in [-0.2, -0.15) is 19.4 Å². The largest absolute Gasteiger partial charge is 0.489 e. The van der Waals surface area contributed by atoms with Crippen molar-refractivity contribution in [1.82, 2.24) is 24.5 Å². The molecule has 9 heteroatoms. The van der Waals surface area contributed by atoms with Gasteiger partial charge in [-0.1, -0.05) is 44.5 Å². The second-order valence-electron chi connectivity index (χ2n) is 8.02. The van der Waals surface area contributed by atoms with Crippen molar-refractivity contribution < 1.29 is 4.74 Å². The van der Waals surface area contributed by atoms with Crippen LogP contribution in [-0.2, 0) is 12.0 Å². The zero-order valence-corrected chi connectivity index (χ0v) is 18.1. The van der Waals surface area contributed by atoms with Gasteiger partial charge in [0, 0.05) is 10.4 Å². The van der Waals surface area contributed by atoms with Crippen LogP contribution in [0, 0.1) is 0 Å². The summed E-state index contributed by atoms with van der Waals surface area (Å²) < 4.78 is 8.46. The van der Waals surface area contributed by atoms with E-state index >= 15 is 0 Å². The highest BCUT2D eigenvalue weighted by atomic mass is 35.5. The molecule has 0 atom stereocenters. The van der Waals surface area contributed by atoms with Gasteiger partial charge in [-0.25, -0.2) is 0 Å². The summed E-state index contributed by atoms with van der Waals surface area (Å²) in [5.41, 5.74) is 1.43. The smallest absolute Gasteiger partial charge is 0.298 e. The average Bonchev–Trinajstić information content (AvgIpc) is 3.21. The second kappa shape index (κ2) is 8.31. The van der Waals surface area contributed by atoms with Crippen LogP contribution >= 0.6 is 11.6 Å². The molecule has 0 saturated heterocycles. The van der Waals surface area contributed by atoms with Gasteiger partial charge < -0.3 is 4.74 Å². The van der Waals surface area contributed by atoms with E-state index in [-0.39, 0.29) is 11.3 Å². The molecule has 0 radical (unpaired) electrons. The number of halogens is 1. The van der Waals surface area contributed by atoms with E-state index in [1.807, 2.05) is 69.3 Å². The Morgan fingerprint density at radius 2 is 1.81 bits per heavy atom. The molecule has 2 aromatic carbocycles. The maximum Gasteiger partial charge on any atom is 0.298 e. The van der Waals surface area contributed by atoms with E-state index in [1.54, 1.807) is 6.21 Å². The van der Waals surface area contributed by atoms with Crippen molar-refractivity contribution in [3.05, 3.63) is 87.1 Å². The van der Waals surface area contributed by atoms with Crippen molar-refractivity contribution in [2.75, 3.05) is 0 Å². The first-order chi connectivity index (χ1) is 14.8. The van der Waals surface area contributed by atoms with Gasteiger partial charge in [0.2, 0.25) is 0 Å². The van der Waals surface area contributed by atoms with Crippen LogP contribution in [0.1, 0.15) is 37.6 Å². The number of nitrogens with zero attached hydrogens (tertiary/aromatic N) is 6. The molecular formula is C22H21ClN6O2. The summed E-state index contributed by atoms with van der Waals surface area (Å²) in [5, 5.41) is 17.2. The van der Waals surface area contributed by atoms with Crippen LogP contribution in [0.15, 0.2) is 64.8 Å². The number of aromatic nitrogens is 5. The molecular weight excluding hydrogens is 416 g/mol. The molecule has 0 saturated carbocycles. The maximum absolute atomic E-state index is 12.9. The van der Waals surface area contributed by atoms with Crippen molar-refractivity contribution in [2.24, 2.45) is 5.10 Å². The first-order valence-electron chi connectivity index (χ1n) is 9.66. The highest BCUT2D eigenvalue weighted by molar-refractivity contribution is 6.30. The highest BCUT2D eigenvalue weighted by Gasteiger charge is 2.23. The van der Waals surface area contributed by atoms with Crippen molar-refractivity contribution in [3.63, 3.8) is 0 Å². The summed E-state index contributed by atoms with van der Waals surface area (Å²) in [6, 6.07) is 14.9. The second-order valence-corrected chi connectivity index (χ2v) is 8.46. The molecule has 0 fully saturated rings. The van der Waals surface area contributed by atoms with Crippen molar-refractivity contribution in [2.45, 2.75) is 32.8 Å². The van der Waals surface area contributed by atoms with Gasteiger partial charge in [0.1, 0.15) is 24.4 Å². The van der Waals surface area contributed by atoms with E-state index < -0.39 is 5.41 Å². The number of rotatable bonds is 5. The summed E-state index contributed by atoms with van der Waals surface area (Å²) in [4.78, 5) is 12.9. The Morgan fingerprint density at radius 1 is 1.10 bits per heavy atom. The van der Waals surface area contributed by atoms with E-state index in [1.165, 1.54) is 15.5 Å². The van der Waals surface area contributed by atoms with Crippen molar-refractivity contribution in [1.29, 1.82) is 0 Å². The standard InChI is InChI=1S/C22H21ClN6O2/c1-22(2,3)19-20(30)29(21-26-24-14-28(21)27-19)25-12-15-6-10-18(11-7-15)31-13-16-4-8-17(23)9-5-16/h4-12,14H,13H2,1-3H3/b25-12-. The Bertz CT molecular complexity index is 1290. The first kappa shape index (κ1) is 20.7. The van der Waals surface area contributed by atoms with Crippen LogP contribution in [0.2, 0.25) is 5.02 Å². The highest BCUT2D eigenvalue weighted by Crippen LogP contribution is 2.17. The molecule has 0 aliphatic rings. The van der Waals surface area contributed by atoms with Gasteiger partial charge in [0.05, 0.1) is 6.21 Å². The van der Waals surface area contributed by atoms with Crippen LogP contribution in [0.4, 0.5) is 0 Å². The van der Waals surface area contributed by atoms with Gasteiger partial charge >= 0.3 is 0 Å². The fourth-order valence-electron chi connectivity index (χ4n) is 2.87. The molecule has 31 heavy (non-hydrogen) atoms. The Kier molecular flexibility index (Phi) is 5.56. The number of benzene rings is 2. The van der Waals surface area contributed by atoms with Crippen LogP contribution < -0.4 is 10.3 Å². The number of ether oxygens (including phenoxy) is 1. The summed E-state index contributed by atoms with van der Waals surface area (Å²) in [5.74, 6) is 0.972. The first-order valence-corrected chi connectivity index (χ1v) is 10.0. The Balaban J connectivity index is 1.54. The Labute approximate surface area is 183 Å². The van der Waals surface area contributed by atoms with Crippen LogP contribution in [-0.4, -0.2) is 30.7 Å². The molecule has 0 spiro atoms. The zero-order chi connectivity index (χ0) is 22.0. The minimum Gasteiger partial charge on any atom is -0.489 e. The molecule has 2 aromatic heterocycles. The van der Waals surface area contributed by atoms with E-state index in [2.05, 4.69) is 20.4 Å². The van der Waals surface area contributed by atoms with Crippen molar-refractivity contribution in [3.8, 4) is 5.75 Å². The normalized spacial score (nSPS) is 12.0. The fourth-order valence-corrected chi connectivity index (χ4v) is 3.00. The maximum atomic E-state index is 12.9. The summed E-state index contributed by atoms with van der Waals surface area (Å²) in [6.07, 6.45) is 3.04. The number of fused-ring (bicyclic) bond motifs is 1. The molecule has 0 N–H and O–H groups in total. The molecule has 0 aliphatic carbocycles. The molecule has 2 heterocycles. The Morgan fingerprint density at radius 3 is 2.48 bits per heavy atom. The van der Waals surface area contributed by atoms with Gasteiger partial charge in [0.25, 0.3) is 11.3 Å². The van der Waals surface area contributed by atoms with Crippen molar-refractivity contribution >= 4 is 23.6 Å². The molecule has 4 aromatic rings. The van der Waals surface area contributed by atoms with Gasteiger partial charge in [-0.05, 0) is 47.5 Å². The fraction of sp³-hybridized carbons (Fsp3) is 0.227. The van der Waals surface area contributed by atoms with Gasteiger partial charge in [0.15, 0.2) is 0 Å². The third-order valence-electron chi connectivity index (χ3n) is 4.54. The van der Waals surface area contributed by atoms with Gasteiger partial charge in [-0.3, -0.25) is 4.79 Å². The lowest BCUT2D eigenvalue weighted by Crippen LogP contribution is -2.33. The minimum atomic E-state index is -0.449. The molecule has 0 bridgehead atoms. The van der Waals surface area contributed by atoms with Gasteiger partial charge in [-0.15, -0.1) is 10.2 Å². The lowest BCUT2D eigenvalue weighted by atomic mass is 9.93. The summed E-state index contributed by atoms with van der Waals surface area (Å²) in [7, 11) is 0. The minimum absolute atomic E-state index is 0.247. The average molecular weight is 437 g/mol. The monoisotopic (exact) mass is 436 g/mol. The van der Waals surface area contributed by atoms with Crippen LogP contribution in [0.5, 0.6) is 5.75 Å². The van der Waals surface area contributed by atoms with E-state index in [0.29, 0.717) is 17.3 Å². The zero-order valence-electron chi connectivity index (χ0n) is 17.4. The predicted octanol–water partition coefficient (Wildman–Crippen LogP) is 3.70. The quantitative estimate of drug-likeness (QED) is 0.445. The number of hydrogen-bond acceptors (Lipinski definition) is 6. The lowest BCUT2D eigenvalue weighted by molar-refractivity contribution is 0.306. The third-order valence-corrected chi connectivity index (χ3v) is 4.79. The summed E-state index contributed by atoms with van der Waals surface area (Å²) >= 11 is 5.90. The Hall–Kier alpha value is -3.52. The van der Waals surface area contributed by atoms with E-state index in [0.717, 1.165) is 16.9 Å². The molecule has 0 unspecified atom stereocenters. The topological polar surface area (TPSA) is 86.7 Å².